The number of benzene rings is 1. The molecule has 0 N–H and O–H groups in total. The summed E-state index contributed by atoms with van der Waals surface area (Å²) in [6.07, 6.45) is 2.58. The lowest BCUT2D eigenvalue weighted by atomic mass is 10.2. The van der Waals surface area contributed by atoms with E-state index in [-0.39, 0.29) is 5.69 Å². The third kappa shape index (κ3) is 3.64. The highest BCUT2D eigenvalue weighted by molar-refractivity contribution is 5.61. The fraction of sp³-hybridized carbons (Fsp3) is 0.412. The molecule has 0 radical (unpaired) electrons. The molecule has 0 saturated heterocycles. The first-order valence-electron chi connectivity index (χ1n) is 7.92. The second-order valence-electron chi connectivity index (χ2n) is 5.98. The molecule has 6 heteroatoms. The van der Waals surface area contributed by atoms with E-state index in [0.29, 0.717) is 11.4 Å². The Kier molecular flexibility index (Phi) is 4.23. The average Bonchev–Trinajstić information content (AvgIpc) is 3.36. The molecule has 0 unspecified atom stereocenters. The van der Waals surface area contributed by atoms with Gasteiger partial charge in [0.25, 0.3) is 5.69 Å². The van der Waals surface area contributed by atoms with Gasteiger partial charge in [-0.25, -0.2) is 9.97 Å². The van der Waals surface area contributed by atoms with Crippen LogP contribution >= 0.6 is 0 Å². The highest BCUT2D eigenvalue weighted by Gasteiger charge is 2.24. The number of nitro benzene ring substituents is 1. The molecule has 0 spiro atoms. The van der Waals surface area contributed by atoms with Gasteiger partial charge in [0.2, 0.25) is 0 Å². The number of hydrogen-bond acceptors (Lipinski definition) is 5. The third-order valence-corrected chi connectivity index (χ3v) is 4.04. The average molecular weight is 312 g/mol. The van der Waals surface area contributed by atoms with E-state index in [2.05, 4.69) is 21.8 Å². The highest BCUT2D eigenvalue weighted by atomic mass is 16.6. The number of hydrogen-bond donors (Lipinski definition) is 0. The minimum Gasteiger partial charge on any atom is -0.356 e. The van der Waals surface area contributed by atoms with Gasteiger partial charge in [0.1, 0.15) is 5.82 Å². The number of rotatable bonds is 6. The Morgan fingerprint density at radius 1 is 1.30 bits per heavy atom. The van der Waals surface area contributed by atoms with Crippen molar-refractivity contribution < 1.29 is 4.92 Å². The highest BCUT2D eigenvalue weighted by Crippen LogP contribution is 2.31. The zero-order chi connectivity index (χ0) is 16.4. The van der Waals surface area contributed by atoms with Crippen molar-refractivity contribution in [2.45, 2.75) is 26.7 Å². The fourth-order valence-corrected chi connectivity index (χ4v) is 2.60. The van der Waals surface area contributed by atoms with Crippen LogP contribution in [0.3, 0.4) is 0 Å². The first-order chi connectivity index (χ1) is 11.1. The maximum atomic E-state index is 11.0. The predicted octanol–water partition coefficient (Wildman–Crippen LogP) is 3.60. The molecule has 120 valence electrons. The van der Waals surface area contributed by atoms with Crippen molar-refractivity contribution in [2.75, 3.05) is 18.0 Å². The first-order valence-corrected chi connectivity index (χ1v) is 7.92. The zero-order valence-corrected chi connectivity index (χ0v) is 13.4. The standard InChI is InChI=1S/C17H20N4O2/c1-3-20(11-13-7-8-13)16-9-12(2)18-17(19-16)14-5-4-6-15(10-14)21(22)23/h4-6,9-10,13H,3,7-8,11H2,1-2H3. The largest absolute Gasteiger partial charge is 0.356 e. The summed E-state index contributed by atoms with van der Waals surface area (Å²) in [6, 6.07) is 8.46. The smallest absolute Gasteiger partial charge is 0.270 e. The van der Waals surface area contributed by atoms with Gasteiger partial charge in [0, 0.05) is 42.5 Å². The van der Waals surface area contributed by atoms with Crippen LogP contribution in [0.25, 0.3) is 11.4 Å². The fourth-order valence-electron chi connectivity index (χ4n) is 2.60. The van der Waals surface area contributed by atoms with Crippen LogP contribution in [0.2, 0.25) is 0 Å². The summed E-state index contributed by atoms with van der Waals surface area (Å²) >= 11 is 0. The maximum absolute atomic E-state index is 11.0. The Hall–Kier alpha value is -2.50. The number of nitro groups is 1. The van der Waals surface area contributed by atoms with Crippen LogP contribution in [0.15, 0.2) is 30.3 Å². The maximum Gasteiger partial charge on any atom is 0.270 e. The van der Waals surface area contributed by atoms with Crippen LogP contribution < -0.4 is 4.90 Å². The first kappa shape index (κ1) is 15.4. The van der Waals surface area contributed by atoms with Gasteiger partial charge in [0.15, 0.2) is 5.82 Å². The Morgan fingerprint density at radius 3 is 2.74 bits per heavy atom. The van der Waals surface area contributed by atoms with Crippen molar-refractivity contribution in [3.8, 4) is 11.4 Å². The van der Waals surface area contributed by atoms with Crippen LogP contribution in [0.1, 0.15) is 25.5 Å². The summed E-state index contributed by atoms with van der Waals surface area (Å²) in [5.41, 5.74) is 1.59. The number of nitrogens with zero attached hydrogens (tertiary/aromatic N) is 4. The summed E-state index contributed by atoms with van der Waals surface area (Å²) in [5, 5.41) is 11.0. The van der Waals surface area contributed by atoms with Gasteiger partial charge < -0.3 is 4.90 Å². The molecule has 23 heavy (non-hydrogen) atoms. The molecule has 2 aromatic rings. The molecule has 0 atom stereocenters. The van der Waals surface area contributed by atoms with Crippen molar-refractivity contribution >= 4 is 11.5 Å². The molecule has 6 nitrogen and oxygen atoms in total. The molecule has 1 aliphatic carbocycles. The van der Waals surface area contributed by atoms with Crippen molar-refractivity contribution in [3.63, 3.8) is 0 Å². The molecule has 0 amide bonds. The van der Waals surface area contributed by atoms with Gasteiger partial charge in [0.05, 0.1) is 4.92 Å². The van der Waals surface area contributed by atoms with Crippen molar-refractivity contribution in [3.05, 3.63) is 46.1 Å². The molecular weight excluding hydrogens is 292 g/mol. The SMILES string of the molecule is CCN(CC1CC1)c1cc(C)nc(-c2cccc([N+](=O)[O-])c2)n1. The van der Waals surface area contributed by atoms with Crippen molar-refractivity contribution in [2.24, 2.45) is 5.92 Å². The van der Waals surface area contributed by atoms with Crippen LogP contribution in [0.4, 0.5) is 11.5 Å². The monoisotopic (exact) mass is 312 g/mol. The molecule has 1 heterocycles. The van der Waals surface area contributed by atoms with Crippen LogP contribution in [-0.2, 0) is 0 Å². The molecule has 0 aliphatic heterocycles. The van der Waals surface area contributed by atoms with E-state index in [1.165, 1.54) is 25.0 Å². The van der Waals surface area contributed by atoms with E-state index in [1.54, 1.807) is 6.07 Å². The van der Waals surface area contributed by atoms with Crippen LogP contribution in [-0.4, -0.2) is 28.0 Å². The minimum atomic E-state index is -0.397. The molecule has 1 aliphatic rings. The number of non-ortho nitro benzene ring substituents is 1. The number of aryl methyl sites for hydroxylation is 1. The van der Waals surface area contributed by atoms with Gasteiger partial charge in [-0.3, -0.25) is 10.1 Å². The molecule has 3 rings (SSSR count). The van der Waals surface area contributed by atoms with Crippen LogP contribution in [0.5, 0.6) is 0 Å². The summed E-state index contributed by atoms with van der Waals surface area (Å²) in [6.45, 7) is 5.95. The zero-order valence-electron chi connectivity index (χ0n) is 13.4. The van der Waals surface area contributed by atoms with Crippen LogP contribution in [0, 0.1) is 23.0 Å². The predicted molar refractivity (Wildman–Crippen MR) is 89.5 cm³/mol. The summed E-state index contributed by atoms with van der Waals surface area (Å²) in [7, 11) is 0. The lowest BCUT2D eigenvalue weighted by molar-refractivity contribution is -0.384. The lowest BCUT2D eigenvalue weighted by Gasteiger charge is -2.22. The summed E-state index contributed by atoms with van der Waals surface area (Å²) in [4.78, 5) is 21.9. The number of anilines is 1. The molecule has 1 aromatic carbocycles. The Morgan fingerprint density at radius 2 is 2.09 bits per heavy atom. The summed E-state index contributed by atoms with van der Waals surface area (Å²) in [5.74, 6) is 2.21. The van der Waals surface area contributed by atoms with Gasteiger partial charge >= 0.3 is 0 Å². The Bertz CT molecular complexity index is 728. The van der Waals surface area contributed by atoms with Gasteiger partial charge in [-0.2, -0.15) is 0 Å². The van der Waals surface area contributed by atoms with E-state index in [4.69, 9.17) is 0 Å². The van der Waals surface area contributed by atoms with Gasteiger partial charge in [-0.05, 0) is 32.6 Å². The van der Waals surface area contributed by atoms with Gasteiger partial charge in [-0.15, -0.1) is 0 Å². The molecule has 0 bridgehead atoms. The normalized spacial score (nSPS) is 13.8. The Balaban J connectivity index is 1.96. The second kappa shape index (κ2) is 6.32. The van der Waals surface area contributed by atoms with E-state index < -0.39 is 4.92 Å². The van der Waals surface area contributed by atoms with Crippen molar-refractivity contribution in [1.29, 1.82) is 0 Å². The molecule has 1 saturated carbocycles. The molecule has 1 aromatic heterocycles. The molecule has 1 fully saturated rings. The summed E-state index contributed by atoms with van der Waals surface area (Å²) < 4.78 is 0. The number of aromatic nitrogens is 2. The topological polar surface area (TPSA) is 72.2 Å². The third-order valence-electron chi connectivity index (χ3n) is 4.04. The van der Waals surface area contributed by atoms with Crippen molar-refractivity contribution in [1.82, 2.24) is 9.97 Å². The molecular formula is C17H20N4O2. The van der Waals surface area contributed by atoms with E-state index in [0.717, 1.165) is 30.5 Å². The lowest BCUT2D eigenvalue weighted by Crippen LogP contribution is -2.26. The van der Waals surface area contributed by atoms with E-state index >= 15 is 0 Å². The quantitative estimate of drug-likeness (QED) is 0.602. The van der Waals surface area contributed by atoms with Gasteiger partial charge in [-0.1, -0.05) is 12.1 Å². The van der Waals surface area contributed by atoms with E-state index in [1.807, 2.05) is 19.1 Å². The Labute approximate surface area is 135 Å². The van der Waals surface area contributed by atoms with E-state index in [9.17, 15) is 10.1 Å². The minimum absolute atomic E-state index is 0.0551. The second-order valence-corrected chi connectivity index (χ2v) is 5.98.